The van der Waals surface area contributed by atoms with Gasteiger partial charge in [-0.1, -0.05) is 23.2 Å². The third kappa shape index (κ3) is 3.79. The van der Waals surface area contributed by atoms with Crippen LogP contribution >= 0.6 is 23.2 Å². The summed E-state index contributed by atoms with van der Waals surface area (Å²) in [6.07, 6.45) is 2.22. The van der Waals surface area contributed by atoms with Crippen molar-refractivity contribution in [3.63, 3.8) is 0 Å². The van der Waals surface area contributed by atoms with Crippen molar-refractivity contribution in [2.24, 2.45) is 5.92 Å². The maximum absolute atomic E-state index is 12.5. The lowest BCUT2D eigenvalue weighted by Gasteiger charge is -2.26. The van der Waals surface area contributed by atoms with Crippen molar-refractivity contribution < 1.29 is 14.3 Å². The van der Waals surface area contributed by atoms with E-state index in [9.17, 15) is 9.59 Å². The first-order valence-corrected chi connectivity index (χ1v) is 8.45. The fourth-order valence-corrected chi connectivity index (χ4v) is 3.64. The molecule has 0 aliphatic carbocycles. The van der Waals surface area contributed by atoms with Gasteiger partial charge in [-0.15, -0.1) is 0 Å². The number of halogens is 2. The summed E-state index contributed by atoms with van der Waals surface area (Å²) in [6, 6.07) is 4.43. The van der Waals surface area contributed by atoms with E-state index in [1.54, 1.807) is 23.1 Å². The molecule has 7 heteroatoms. The molecule has 2 atom stereocenters. The minimum absolute atomic E-state index is 0.0178. The number of amides is 2. The first-order valence-electron chi connectivity index (χ1n) is 7.70. The number of carbonyl (C=O) groups excluding carboxylic acids is 2. The second-order valence-electron chi connectivity index (χ2n) is 5.90. The van der Waals surface area contributed by atoms with E-state index in [1.165, 1.54) is 0 Å². The molecule has 2 saturated heterocycles. The SMILES string of the molecule is O=C(Nc1cc(Cl)cc(Cl)c1)[C@@H]1CCCN1C(=O)[C@@H]1CCOC1. The molecule has 0 spiro atoms. The summed E-state index contributed by atoms with van der Waals surface area (Å²) in [5.41, 5.74) is 0.538. The first-order chi connectivity index (χ1) is 11.0. The zero-order chi connectivity index (χ0) is 16.4. The number of ether oxygens (including phenoxy) is 1. The Morgan fingerprint density at radius 3 is 2.57 bits per heavy atom. The van der Waals surface area contributed by atoms with Crippen molar-refractivity contribution in [2.45, 2.75) is 25.3 Å². The van der Waals surface area contributed by atoms with Gasteiger partial charge in [0.15, 0.2) is 0 Å². The lowest BCUT2D eigenvalue weighted by molar-refractivity contribution is -0.140. The summed E-state index contributed by atoms with van der Waals surface area (Å²) in [6.45, 7) is 1.68. The Hall–Kier alpha value is -1.30. The normalized spacial score (nSPS) is 24.0. The lowest BCUT2D eigenvalue weighted by atomic mass is 10.1. The number of carbonyl (C=O) groups is 2. The third-order valence-corrected chi connectivity index (χ3v) is 4.68. The largest absolute Gasteiger partial charge is 0.381 e. The Labute approximate surface area is 144 Å². The molecular weight excluding hydrogens is 339 g/mol. The van der Waals surface area contributed by atoms with E-state index < -0.39 is 6.04 Å². The monoisotopic (exact) mass is 356 g/mol. The van der Waals surface area contributed by atoms with E-state index in [2.05, 4.69) is 5.32 Å². The van der Waals surface area contributed by atoms with Gasteiger partial charge in [0.2, 0.25) is 11.8 Å². The molecule has 2 aliphatic rings. The molecule has 0 saturated carbocycles. The highest BCUT2D eigenvalue weighted by molar-refractivity contribution is 6.35. The van der Waals surface area contributed by atoms with Crippen molar-refractivity contribution in [3.05, 3.63) is 28.2 Å². The van der Waals surface area contributed by atoms with E-state index in [1.807, 2.05) is 0 Å². The molecule has 0 radical (unpaired) electrons. The van der Waals surface area contributed by atoms with E-state index in [0.29, 0.717) is 41.9 Å². The van der Waals surface area contributed by atoms with Crippen LogP contribution in [0, 0.1) is 5.92 Å². The van der Waals surface area contributed by atoms with Gasteiger partial charge in [0.25, 0.3) is 0 Å². The van der Waals surface area contributed by atoms with Crippen molar-refractivity contribution in [1.82, 2.24) is 4.90 Å². The van der Waals surface area contributed by atoms with Crippen LogP contribution < -0.4 is 5.32 Å². The van der Waals surface area contributed by atoms with Gasteiger partial charge < -0.3 is 15.0 Å². The molecule has 0 bridgehead atoms. The Morgan fingerprint density at radius 2 is 1.91 bits per heavy atom. The van der Waals surface area contributed by atoms with Gasteiger partial charge in [0.1, 0.15) is 6.04 Å². The molecular formula is C16H18Cl2N2O3. The van der Waals surface area contributed by atoms with Gasteiger partial charge in [-0.05, 0) is 37.5 Å². The van der Waals surface area contributed by atoms with Crippen molar-refractivity contribution in [3.8, 4) is 0 Å². The van der Waals surface area contributed by atoms with Crippen molar-refractivity contribution >= 4 is 40.7 Å². The molecule has 1 N–H and O–H groups in total. The van der Waals surface area contributed by atoms with Crippen LogP contribution in [0.2, 0.25) is 10.0 Å². The second kappa shape index (κ2) is 7.07. The Balaban J connectivity index is 1.69. The maximum atomic E-state index is 12.5. The Morgan fingerprint density at radius 1 is 1.17 bits per heavy atom. The average Bonchev–Trinajstić information content (AvgIpc) is 3.17. The molecule has 0 unspecified atom stereocenters. The number of rotatable bonds is 3. The molecule has 2 aliphatic heterocycles. The van der Waals surface area contributed by atoms with Crippen molar-refractivity contribution in [1.29, 1.82) is 0 Å². The zero-order valence-electron chi connectivity index (χ0n) is 12.6. The van der Waals surface area contributed by atoms with E-state index >= 15 is 0 Å². The molecule has 1 aromatic rings. The summed E-state index contributed by atoms with van der Waals surface area (Å²) in [5, 5.41) is 3.72. The minimum atomic E-state index is -0.444. The van der Waals surface area contributed by atoms with Crippen LogP contribution in [0.4, 0.5) is 5.69 Å². The van der Waals surface area contributed by atoms with Crippen LogP contribution in [0.3, 0.4) is 0 Å². The summed E-state index contributed by atoms with van der Waals surface area (Å²) < 4.78 is 5.28. The minimum Gasteiger partial charge on any atom is -0.381 e. The topological polar surface area (TPSA) is 58.6 Å². The van der Waals surface area contributed by atoms with Gasteiger partial charge >= 0.3 is 0 Å². The number of nitrogens with one attached hydrogen (secondary N) is 1. The molecule has 2 heterocycles. The first kappa shape index (κ1) is 16.6. The molecule has 23 heavy (non-hydrogen) atoms. The van der Waals surface area contributed by atoms with Gasteiger partial charge in [0.05, 0.1) is 12.5 Å². The highest BCUT2D eigenvalue weighted by Gasteiger charge is 2.38. The maximum Gasteiger partial charge on any atom is 0.247 e. The number of likely N-dealkylation sites (tertiary alicyclic amines) is 1. The van der Waals surface area contributed by atoms with Crippen LogP contribution in [0.1, 0.15) is 19.3 Å². The smallest absolute Gasteiger partial charge is 0.247 e. The molecule has 0 aromatic heterocycles. The second-order valence-corrected chi connectivity index (χ2v) is 6.77. The van der Waals surface area contributed by atoms with Crippen LogP contribution in [0.15, 0.2) is 18.2 Å². The quantitative estimate of drug-likeness (QED) is 0.905. The van der Waals surface area contributed by atoms with Gasteiger partial charge in [-0.25, -0.2) is 0 Å². The predicted octanol–water partition coefficient (Wildman–Crippen LogP) is 2.96. The highest BCUT2D eigenvalue weighted by atomic mass is 35.5. The number of benzene rings is 1. The summed E-state index contributed by atoms with van der Waals surface area (Å²) in [7, 11) is 0. The van der Waals surface area contributed by atoms with Gasteiger partial charge in [0, 0.05) is 28.9 Å². The van der Waals surface area contributed by atoms with E-state index in [4.69, 9.17) is 27.9 Å². The summed E-state index contributed by atoms with van der Waals surface area (Å²) in [4.78, 5) is 26.8. The van der Waals surface area contributed by atoms with Crippen molar-refractivity contribution in [2.75, 3.05) is 25.1 Å². The number of nitrogens with zero attached hydrogens (tertiary/aromatic N) is 1. The molecule has 1 aromatic carbocycles. The highest BCUT2D eigenvalue weighted by Crippen LogP contribution is 2.26. The lowest BCUT2D eigenvalue weighted by Crippen LogP contribution is -2.45. The molecule has 2 amide bonds. The number of hydrogen-bond donors (Lipinski definition) is 1. The van der Waals surface area contributed by atoms with Crippen LogP contribution in [0.25, 0.3) is 0 Å². The van der Waals surface area contributed by atoms with Gasteiger partial charge in [-0.3, -0.25) is 9.59 Å². The number of anilines is 1. The predicted molar refractivity (Wildman–Crippen MR) is 88.8 cm³/mol. The van der Waals surface area contributed by atoms with E-state index in [-0.39, 0.29) is 17.7 Å². The average molecular weight is 357 g/mol. The third-order valence-electron chi connectivity index (χ3n) is 4.25. The molecule has 124 valence electrons. The molecule has 5 nitrogen and oxygen atoms in total. The summed E-state index contributed by atoms with van der Waals surface area (Å²) >= 11 is 11.9. The molecule has 3 rings (SSSR count). The zero-order valence-corrected chi connectivity index (χ0v) is 14.1. The molecule has 2 fully saturated rings. The standard InChI is InChI=1S/C16H18Cl2N2O3/c17-11-6-12(18)8-13(7-11)19-15(21)14-2-1-4-20(14)16(22)10-3-5-23-9-10/h6-8,10,14H,1-5,9H2,(H,19,21)/t10-,14+/m1/s1. The fraction of sp³-hybridized carbons (Fsp3) is 0.500. The van der Waals surface area contributed by atoms with Gasteiger partial charge in [-0.2, -0.15) is 0 Å². The van der Waals surface area contributed by atoms with E-state index in [0.717, 1.165) is 12.8 Å². The number of hydrogen-bond acceptors (Lipinski definition) is 3. The Bertz CT molecular complexity index is 597. The fourth-order valence-electron chi connectivity index (χ4n) is 3.12. The van der Waals surface area contributed by atoms with Crippen LogP contribution in [-0.4, -0.2) is 42.5 Å². The summed E-state index contributed by atoms with van der Waals surface area (Å²) in [5.74, 6) is -0.304. The van der Waals surface area contributed by atoms with Crippen LogP contribution in [0.5, 0.6) is 0 Å². The van der Waals surface area contributed by atoms with Crippen LogP contribution in [-0.2, 0) is 14.3 Å². The Kier molecular flexibility index (Phi) is 5.09.